The van der Waals surface area contributed by atoms with E-state index in [9.17, 15) is 9.18 Å². The molecule has 1 saturated carbocycles. The summed E-state index contributed by atoms with van der Waals surface area (Å²) in [5.74, 6) is 1.18. The number of alkyl halides is 1. The molecule has 1 fully saturated rings. The Morgan fingerprint density at radius 2 is 1.70 bits per heavy atom. The molecule has 0 aromatic rings. The molecule has 1 atom stereocenters. The zero-order valence-corrected chi connectivity index (χ0v) is 14.1. The Bertz CT molecular complexity index is 250. The third-order valence-electron chi connectivity index (χ3n) is 4.08. The second kappa shape index (κ2) is 9.49. The van der Waals surface area contributed by atoms with Crippen molar-refractivity contribution in [2.45, 2.75) is 79.0 Å². The summed E-state index contributed by atoms with van der Waals surface area (Å²) in [7, 11) is 1.84. The smallest absolute Gasteiger partial charge is 0.155 e. The lowest BCUT2D eigenvalue weighted by Crippen LogP contribution is -2.28. The van der Waals surface area contributed by atoms with Crippen molar-refractivity contribution >= 4 is 6.29 Å². The highest BCUT2D eigenvalue weighted by Crippen LogP contribution is 2.38. The monoisotopic (exact) mass is 288 g/mol. The van der Waals surface area contributed by atoms with Crippen LogP contribution in [-0.4, -0.2) is 25.7 Å². The van der Waals surface area contributed by atoms with Crippen molar-refractivity contribution in [2.75, 3.05) is 7.11 Å². The maximum Gasteiger partial charge on any atom is 0.155 e. The highest BCUT2D eigenvalue weighted by atomic mass is 19.1. The molecular weight excluding hydrogens is 255 g/mol. The molecule has 1 unspecified atom stereocenters. The second-order valence-corrected chi connectivity index (χ2v) is 7.36. The number of hydrogen-bond donors (Lipinski definition) is 0. The lowest BCUT2D eigenvalue weighted by molar-refractivity contribution is -0.112. The Labute approximate surface area is 124 Å². The van der Waals surface area contributed by atoms with Crippen molar-refractivity contribution in [3.05, 3.63) is 0 Å². The lowest BCUT2D eigenvalue weighted by Gasteiger charge is -2.36. The van der Waals surface area contributed by atoms with Gasteiger partial charge in [0.2, 0.25) is 0 Å². The average molecular weight is 288 g/mol. The number of aldehydes is 1. The van der Waals surface area contributed by atoms with Gasteiger partial charge in [-0.15, -0.1) is 0 Å². The van der Waals surface area contributed by atoms with Crippen LogP contribution in [0.15, 0.2) is 0 Å². The van der Waals surface area contributed by atoms with Crippen LogP contribution in [0.1, 0.15) is 66.7 Å². The fraction of sp³-hybridized carbons (Fsp3) is 0.941. The fourth-order valence-corrected chi connectivity index (χ4v) is 2.67. The summed E-state index contributed by atoms with van der Waals surface area (Å²) >= 11 is 0. The SMILES string of the molecule is CC(C)CC(F)C=O.COC1CCC(C(C)(C)C)CC1. The van der Waals surface area contributed by atoms with Crippen molar-refractivity contribution in [1.82, 2.24) is 0 Å². The van der Waals surface area contributed by atoms with Crippen molar-refractivity contribution in [3.63, 3.8) is 0 Å². The molecule has 0 heterocycles. The van der Waals surface area contributed by atoms with Gasteiger partial charge in [0, 0.05) is 7.11 Å². The first kappa shape index (κ1) is 19.6. The number of carbonyl (C=O) groups is 1. The molecule has 2 nitrogen and oxygen atoms in total. The molecule has 0 aromatic heterocycles. The Balaban J connectivity index is 0.000000396. The first-order chi connectivity index (χ1) is 9.20. The van der Waals surface area contributed by atoms with Gasteiger partial charge < -0.3 is 9.53 Å². The van der Waals surface area contributed by atoms with Gasteiger partial charge in [0.25, 0.3) is 0 Å². The Morgan fingerprint density at radius 3 is 1.95 bits per heavy atom. The summed E-state index contributed by atoms with van der Waals surface area (Å²) in [5, 5.41) is 0. The van der Waals surface area contributed by atoms with E-state index < -0.39 is 6.17 Å². The number of halogens is 1. The van der Waals surface area contributed by atoms with Gasteiger partial charge in [0.1, 0.15) is 0 Å². The summed E-state index contributed by atoms with van der Waals surface area (Å²) in [6.45, 7) is 10.8. The number of ether oxygens (including phenoxy) is 1. The van der Waals surface area contributed by atoms with Gasteiger partial charge in [-0.2, -0.15) is 0 Å². The van der Waals surface area contributed by atoms with Gasteiger partial charge in [0.15, 0.2) is 12.5 Å². The van der Waals surface area contributed by atoms with Gasteiger partial charge in [-0.1, -0.05) is 34.6 Å². The van der Waals surface area contributed by atoms with Crippen LogP contribution in [0.4, 0.5) is 4.39 Å². The minimum absolute atomic E-state index is 0.273. The zero-order chi connectivity index (χ0) is 15.8. The van der Waals surface area contributed by atoms with E-state index in [0.717, 1.165) is 5.92 Å². The molecule has 1 aliphatic carbocycles. The third kappa shape index (κ3) is 8.68. The predicted molar refractivity (Wildman–Crippen MR) is 82.6 cm³/mol. The van der Waals surface area contributed by atoms with E-state index in [1.54, 1.807) is 0 Å². The van der Waals surface area contributed by atoms with E-state index in [4.69, 9.17) is 4.74 Å². The van der Waals surface area contributed by atoms with Crippen LogP contribution in [0, 0.1) is 17.3 Å². The molecule has 0 bridgehead atoms. The zero-order valence-electron chi connectivity index (χ0n) is 14.1. The Kier molecular flexibility index (Phi) is 9.28. The highest BCUT2D eigenvalue weighted by molar-refractivity contribution is 5.55. The van der Waals surface area contributed by atoms with E-state index >= 15 is 0 Å². The summed E-state index contributed by atoms with van der Waals surface area (Å²) in [6, 6.07) is 0. The largest absolute Gasteiger partial charge is 0.381 e. The fourth-order valence-electron chi connectivity index (χ4n) is 2.67. The quantitative estimate of drug-likeness (QED) is 0.694. The van der Waals surface area contributed by atoms with E-state index in [-0.39, 0.29) is 5.92 Å². The molecule has 0 amide bonds. The molecule has 0 spiro atoms. The van der Waals surface area contributed by atoms with Crippen LogP contribution in [0.2, 0.25) is 0 Å². The van der Waals surface area contributed by atoms with Crippen LogP contribution in [0.25, 0.3) is 0 Å². The summed E-state index contributed by atoms with van der Waals surface area (Å²) in [4.78, 5) is 9.67. The maximum absolute atomic E-state index is 12.0. The van der Waals surface area contributed by atoms with Crippen molar-refractivity contribution in [2.24, 2.45) is 17.3 Å². The standard InChI is InChI=1S/C11H22O.C6H11FO/c1-11(2,3)9-5-7-10(12-4)8-6-9;1-5(2)3-6(7)4-8/h9-10H,5-8H2,1-4H3;4-6H,3H2,1-2H3. The van der Waals surface area contributed by atoms with E-state index in [2.05, 4.69) is 20.8 Å². The molecule has 0 N–H and O–H groups in total. The summed E-state index contributed by atoms with van der Waals surface area (Å²) < 4.78 is 17.4. The average Bonchev–Trinajstić information content (AvgIpc) is 2.37. The molecule has 0 saturated heterocycles. The molecule has 0 aliphatic heterocycles. The van der Waals surface area contributed by atoms with E-state index in [1.165, 1.54) is 25.7 Å². The molecule has 3 heteroatoms. The first-order valence-corrected chi connectivity index (χ1v) is 7.82. The van der Waals surface area contributed by atoms with Crippen LogP contribution < -0.4 is 0 Å². The van der Waals surface area contributed by atoms with Crippen LogP contribution in [0.3, 0.4) is 0 Å². The van der Waals surface area contributed by atoms with Gasteiger partial charge in [-0.25, -0.2) is 4.39 Å². The van der Waals surface area contributed by atoms with Crippen LogP contribution in [-0.2, 0) is 9.53 Å². The molecule has 120 valence electrons. The Hall–Kier alpha value is -0.440. The normalized spacial score (nSPS) is 24.8. The van der Waals surface area contributed by atoms with Gasteiger partial charge in [-0.05, 0) is 49.4 Å². The molecule has 20 heavy (non-hydrogen) atoms. The minimum Gasteiger partial charge on any atom is -0.381 e. The van der Waals surface area contributed by atoms with E-state index in [1.807, 2.05) is 21.0 Å². The molecule has 0 aromatic carbocycles. The lowest BCUT2D eigenvalue weighted by atomic mass is 9.72. The summed E-state index contributed by atoms with van der Waals surface area (Å²) in [6.07, 6.45) is 5.21. The molecule has 0 radical (unpaired) electrons. The topological polar surface area (TPSA) is 26.3 Å². The first-order valence-electron chi connectivity index (χ1n) is 7.82. The van der Waals surface area contributed by atoms with Crippen molar-refractivity contribution in [3.8, 4) is 0 Å². The highest BCUT2D eigenvalue weighted by Gasteiger charge is 2.29. The molecule has 1 aliphatic rings. The van der Waals surface area contributed by atoms with Gasteiger partial charge in [0.05, 0.1) is 6.10 Å². The second-order valence-electron chi connectivity index (χ2n) is 7.36. The third-order valence-corrected chi connectivity index (χ3v) is 4.08. The molecular formula is C17H33FO2. The number of methoxy groups -OCH3 is 1. The summed E-state index contributed by atoms with van der Waals surface area (Å²) in [5.41, 5.74) is 0.499. The minimum atomic E-state index is -1.25. The predicted octanol–water partition coefficient (Wildman–Crippen LogP) is 4.81. The van der Waals surface area contributed by atoms with Crippen LogP contribution in [0.5, 0.6) is 0 Å². The van der Waals surface area contributed by atoms with Gasteiger partial charge >= 0.3 is 0 Å². The van der Waals surface area contributed by atoms with Gasteiger partial charge in [-0.3, -0.25) is 0 Å². The van der Waals surface area contributed by atoms with Crippen molar-refractivity contribution in [1.29, 1.82) is 0 Å². The van der Waals surface area contributed by atoms with Crippen LogP contribution >= 0.6 is 0 Å². The number of hydrogen-bond acceptors (Lipinski definition) is 2. The Morgan fingerprint density at radius 1 is 1.20 bits per heavy atom. The number of carbonyl (C=O) groups excluding carboxylic acids is 1. The number of rotatable bonds is 4. The van der Waals surface area contributed by atoms with Crippen molar-refractivity contribution < 1.29 is 13.9 Å². The maximum atomic E-state index is 12.0. The van der Waals surface area contributed by atoms with E-state index in [0.29, 0.717) is 24.2 Å². The molecule has 1 rings (SSSR count).